The lowest BCUT2D eigenvalue weighted by atomic mass is 10.2. The molecular weight excluding hydrogens is 238 g/mol. The fourth-order valence-electron chi connectivity index (χ4n) is 1.50. The van der Waals surface area contributed by atoms with Crippen molar-refractivity contribution in [2.75, 3.05) is 6.61 Å². The van der Waals surface area contributed by atoms with Gasteiger partial charge in [0.2, 0.25) is 0 Å². The average molecular weight is 253 g/mol. The number of aliphatic hydroxyl groups excluding tert-OH is 1. The number of hydrogen-bond acceptors (Lipinski definition) is 6. The van der Waals surface area contributed by atoms with E-state index in [1.807, 2.05) is 6.92 Å². The van der Waals surface area contributed by atoms with Crippen LogP contribution >= 0.6 is 11.8 Å². The summed E-state index contributed by atoms with van der Waals surface area (Å²) in [5.41, 5.74) is 7.36. The van der Waals surface area contributed by atoms with Crippen molar-refractivity contribution in [2.45, 2.75) is 29.7 Å². The van der Waals surface area contributed by atoms with Gasteiger partial charge < -0.3 is 15.8 Å². The van der Waals surface area contributed by atoms with Crippen LogP contribution in [0.1, 0.15) is 13.3 Å². The van der Waals surface area contributed by atoms with E-state index < -0.39 is 0 Å². The number of aromatic amines is 1. The molecule has 2 unspecified atom stereocenters. The van der Waals surface area contributed by atoms with E-state index in [0.717, 1.165) is 17.0 Å². The second-order valence-electron chi connectivity index (χ2n) is 3.69. The van der Waals surface area contributed by atoms with Crippen molar-refractivity contribution in [3.05, 3.63) is 12.7 Å². The van der Waals surface area contributed by atoms with Crippen LogP contribution in [0, 0.1) is 0 Å². The zero-order valence-corrected chi connectivity index (χ0v) is 10.3. The summed E-state index contributed by atoms with van der Waals surface area (Å²) in [5, 5.41) is 10.0. The third kappa shape index (κ3) is 2.56. The zero-order chi connectivity index (χ0) is 12.3. The maximum atomic E-state index is 9.34. The highest BCUT2D eigenvalue weighted by Gasteiger charge is 2.19. The Kier molecular flexibility index (Phi) is 3.93. The fourth-order valence-corrected chi connectivity index (χ4v) is 2.60. The summed E-state index contributed by atoms with van der Waals surface area (Å²) in [6, 6.07) is -0.0575. The first-order valence-electron chi connectivity index (χ1n) is 5.43. The minimum absolute atomic E-state index is 0.0271. The number of rotatable bonds is 5. The molecule has 0 aliphatic carbocycles. The van der Waals surface area contributed by atoms with E-state index in [9.17, 15) is 5.11 Å². The van der Waals surface area contributed by atoms with E-state index in [1.165, 1.54) is 18.1 Å². The highest BCUT2D eigenvalue weighted by molar-refractivity contribution is 8.00. The molecule has 2 aromatic heterocycles. The Morgan fingerprint density at radius 2 is 2.29 bits per heavy atom. The molecule has 4 N–H and O–H groups in total. The number of hydrogen-bond donors (Lipinski definition) is 3. The van der Waals surface area contributed by atoms with Crippen LogP contribution in [0.3, 0.4) is 0 Å². The average Bonchev–Trinajstić information content (AvgIpc) is 2.83. The molecule has 0 fully saturated rings. The van der Waals surface area contributed by atoms with Crippen molar-refractivity contribution in [2.24, 2.45) is 5.73 Å². The van der Waals surface area contributed by atoms with Gasteiger partial charge in [-0.3, -0.25) is 0 Å². The van der Waals surface area contributed by atoms with Crippen LogP contribution in [0.25, 0.3) is 11.2 Å². The van der Waals surface area contributed by atoms with E-state index in [2.05, 4.69) is 19.9 Å². The van der Waals surface area contributed by atoms with Gasteiger partial charge in [0.15, 0.2) is 5.65 Å². The Morgan fingerprint density at radius 1 is 1.47 bits per heavy atom. The molecule has 0 amide bonds. The number of imidazole rings is 1. The molecule has 0 bridgehead atoms. The van der Waals surface area contributed by atoms with Gasteiger partial charge in [-0.25, -0.2) is 15.0 Å². The number of nitrogens with zero attached hydrogens (tertiary/aromatic N) is 3. The second-order valence-corrected chi connectivity index (χ2v) is 4.92. The van der Waals surface area contributed by atoms with Gasteiger partial charge in [-0.05, 0) is 6.42 Å². The van der Waals surface area contributed by atoms with Crippen molar-refractivity contribution >= 4 is 22.9 Å². The Balaban J connectivity index is 2.25. The van der Waals surface area contributed by atoms with Crippen LogP contribution in [0.5, 0.6) is 0 Å². The number of H-pyrrole nitrogens is 1. The number of fused-ring (bicyclic) bond motifs is 1. The predicted molar refractivity (Wildman–Crippen MR) is 66.7 cm³/mol. The molecule has 0 aliphatic heterocycles. The van der Waals surface area contributed by atoms with Crippen molar-refractivity contribution < 1.29 is 5.11 Å². The summed E-state index contributed by atoms with van der Waals surface area (Å²) in [6.45, 7) is 2.03. The van der Waals surface area contributed by atoms with Crippen molar-refractivity contribution in [1.29, 1.82) is 0 Å². The maximum Gasteiger partial charge on any atom is 0.181 e. The molecule has 2 aromatic rings. The number of nitrogens with two attached hydrogens (primary N) is 1. The first kappa shape index (κ1) is 12.3. The largest absolute Gasteiger partial charge is 0.395 e. The topological polar surface area (TPSA) is 101 Å². The molecule has 0 aromatic carbocycles. The first-order chi connectivity index (χ1) is 8.26. The highest BCUT2D eigenvalue weighted by Crippen LogP contribution is 2.27. The Hall–Kier alpha value is -1.18. The number of aliphatic hydroxyl groups is 1. The highest BCUT2D eigenvalue weighted by atomic mass is 32.2. The van der Waals surface area contributed by atoms with E-state index in [4.69, 9.17) is 5.73 Å². The summed E-state index contributed by atoms with van der Waals surface area (Å²) >= 11 is 1.46. The normalized spacial score (nSPS) is 15.0. The summed E-state index contributed by atoms with van der Waals surface area (Å²) in [7, 11) is 0. The molecular formula is C10H15N5OS. The second kappa shape index (κ2) is 5.44. The fraction of sp³-hybridized carbons (Fsp3) is 0.500. The molecule has 2 atom stereocenters. The lowest BCUT2D eigenvalue weighted by molar-refractivity contribution is 0.281. The molecule has 17 heavy (non-hydrogen) atoms. The maximum absolute atomic E-state index is 9.34. The van der Waals surface area contributed by atoms with E-state index in [-0.39, 0.29) is 17.9 Å². The third-order valence-corrected chi connectivity index (χ3v) is 3.91. The first-order valence-corrected chi connectivity index (χ1v) is 6.31. The minimum Gasteiger partial charge on any atom is -0.395 e. The van der Waals surface area contributed by atoms with Gasteiger partial charge in [0.25, 0.3) is 0 Å². The summed E-state index contributed by atoms with van der Waals surface area (Å²) in [6.07, 6.45) is 3.87. The van der Waals surface area contributed by atoms with Crippen LogP contribution in [-0.4, -0.2) is 42.9 Å². The van der Waals surface area contributed by atoms with Crippen molar-refractivity contribution in [3.8, 4) is 0 Å². The van der Waals surface area contributed by atoms with Crippen LogP contribution in [0.15, 0.2) is 17.7 Å². The molecule has 6 nitrogen and oxygen atoms in total. The number of nitrogens with one attached hydrogen (secondary N) is 1. The SMILES string of the molecule is CCC(N)C(CO)Sc1ncnc2nc[nH]c12. The Morgan fingerprint density at radius 3 is 3.00 bits per heavy atom. The van der Waals surface area contributed by atoms with Crippen LogP contribution in [0.2, 0.25) is 0 Å². The molecule has 2 rings (SSSR count). The van der Waals surface area contributed by atoms with Gasteiger partial charge >= 0.3 is 0 Å². The minimum atomic E-state index is -0.0681. The molecule has 0 saturated heterocycles. The lowest BCUT2D eigenvalue weighted by Gasteiger charge is -2.19. The van der Waals surface area contributed by atoms with Crippen LogP contribution < -0.4 is 5.73 Å². The van der Waals surface area contributed by atoms with E-state index in [1.54, 1.807) is 6.33 Å². The molecule has 2 heterocycles. The van der Waals surface area contributed by atoms with Gasteiger partial charge in [-0.1, -0.05) is 18.7 Å². The van der Waals surface area contributed by atoms with Gasteiger partial charge in [0, 0.05) is 11.3 Å². The molecule has 7 heteroatoms. The van der Waals surface area contributed by atoms with E-state index in [0.29, 0.717) is 5.65 Å². The Labute approximate surface area is 103 Å². The Bertz CT molecular complexity index is 488. The van der Waals surface area contributed by atoms with Gasteiger partial charge in [0.1, 0.15) is 16.9 Å². The lowest BCUT2D eigenvalue weighted by Crippen LogP contribution is -2.34. The van der Waals surface area contributed by atoms with Crippen molar-refractivity contribution in [3.63, 3.8) is 0 Å². The standard InChI is InChI=1S/C10H15N5OS/c1-2-6(11)7(3-16)17-10-8-9(13-4-12-8)14-5-15-10/h4-7,16H,2-3,11H2,1H3,(H,12,13,14,15). The van der Waals surface area contributed by atoms with Crippen molar-refractivity contribution in [1.82, 2.24) is 19.9 Å². The monoisotopic (exact) mass is 253 g/mol. The van der Waals surface area contributed by atoms with E-state index >= 15 is 0 Å². The van der Waals surface area contributed by atoms with Gasteiger partial charge in [-0.2, -0.15) is 0 Å². The summed E-state index contributed by atoms with van der Waals surface area (Å²) in [4.78, 5) is 15.3. The third-order valence-electron chi connectivity index (χ3n) is 2.58. The number of thioether (sulfide) groups is 1. The predicted octanol–water partition coefficient (Wildman–Crippen LogP) is 0.543. The van der Waals surface area contributed by atoms with Crippen LogP contribution in [0.4, 0.5) is 0 Å². The van der Waals surface area contributed by atoms with Gasteiger partial charge in [0.05, 0.1) is 12.9 Å². The summed E-state index contributed by atoms with van der Waals surface area (Å²) < 4.78 is 0. The molecule has 0 radical (unpaired) electrons. The summed E-state index contributed by atoms with van der Waals surface area (Å²) in [5.74, 6) is 0. The van der Waals surface area contributed by atoms with Gasteiger partial charge in [-0.15, -0.1) is 0 Å². The molecule has 0 spiro atoms. The quantitative estimate of drug-likeness (QED) is 0.531. The molecule has 0 saturated carbocycles. The zero-order valence-electron chi connectivity index (χ0n) is 9.50. The smallest absolute Gasteiger partial charge is 0.181 e. The number of aromatic nitrogens is 4. The van der Waals surface area contributed by atoms with Crippen LogP contribution in [-0.2, 0) is 0 Å². The molecule has 0 aliphatic rings. The molecule has 92 valence electrons.